The highest BCUT2D eigenvalue weighted by Gasteiger charge is 2.20. The summed E-state index contributed by atoms with van der Waals surface area (Å²) in [6, 6.07) is 15.9. The summed E-state index contributed by atoms with van der Waals surface area (Å²) in [6.07, 6.45) is 15.4. The summed E-state index contributed by atoms with van der Waals surface area (Å²) in [6.45, 7) is 13.7. The average Bonchev–Trinajstić information content (AvgIpc) is 2.85. The topological polar surface area (TPSA) is 0 Å². The first kappa shape index (κ1) is 27.5. The van der Waals surface area contributed by atoms with Crippen molar-refractivity contribution in [3.05, 3.63) is 59.2 Å². The normalized spacial score (nSPS) is 17.8. The fourth-order valence-electron chi connectivity index (χ4n) is 5.78. The van der Waals surface area contributed by atoms with Crippen molar-refractivity contribution in [2.45, 2.75) is 135 Å². The standard InChI is InChI=1S/C21H28.C12H23P/c1-14(2)17-11-12-20(21(13-17)16(5)6)19-10-8-7-9-18(19)15(3)4;1-3-7-11(8-4-1)13-12-9-5-2-6-10-12/h7-16H,1-6H3;11-13H,1-10H2. The van der Waals surface area contributed by atoms with Gasteiger partial charge < -0.3 is 0 Å². The van der Waals surface area contributed by atoms with Crippen LogP contribution in [0.1, 0.15) is 140 Å². The molecule has 0 heterocycles. The molecule has 34 heavy (non-hydrogen) atoms. The van der Waals surface area contributed by atoms with E-state index in [9.17, 15) is 0 Å². The zero-order chi connectivity index (χ0) is 24.5. The Kier molecular flexibility index (Phi) is 11.2. The molecule has 2 aromatic carbocycles. The molecule has 188 valence electrons. The first-order valence-corrected chi connectivity index (χ1v) is 15.5. The van der Waals surface area contributed by atoms with Gasteiger partial charge in [0.05, 0.1) is 0 Å². The molecular weight excluding hydrogens is 427 g/mol. The zero-order valence-electron chi connectivity index (χ0n) is 23.0. The van der Waals surface area contributed by atoms with Gasteiger partial charge in [-0.1, -0.05) is 123 Å². The summed E-state index contributed by atoms with van der Waals surface area (Å²) >= 11 is 0. The molecule has 0 saturated heterocycles. The molecule has 0 nitrogen and oxygen atoms in total. The third-order valence-electron chi connectivity index (χ3n) is 7.92. The maximum absolute atomic E-state index is 2.40. The summed E-state index contributed by atoms with van der Waals surface area (Å²) in [5.41, 5.74) is 9.44. The molecule has 0 spiro atoms. The van der Waals surface area contributed by atoms with E-state index in [-0.39, 0.29) is 0 Å². The monoisotopic (exact) mass is 478 g/mol. The van der Waals surface area contributed by atoms with Gasteiger partial charge in [0.1, 0.15) is 0 Å². The van der Waals surface area contributed by atoms with E-state index in [0.29, 0.717) is 17.8 Å². The molecule has 1 heteroatoms. The summed E-state index contributed by atoms with van der Waals surface area (Å²) in [5, 5.41) is 0. The molecule has 2 fully saturated rings. The van der Waals surface area contributed by atoms with Crippen LogP contribution >= 0.6 is 8.58 Å². The van der Waals surface area contributed by atoms with Gasteiger partial charge in [0.2, 0.25) is 0 Å². The lowest BCUT2D eigenvalue weighted by Gasteiger charge is -2.28. The van der Waals surface area contributed by atoms with Crippen LogP contribution in [-0.2, 0) is 0 Å². The van der Waals surface area contributed by atoms with E-state index in [0.717, 1.165) is 11.3 Å². The van der Waals surface area contributed by atoms with E-state index in [4.69, 9.17) is 0 Å². The minimum atomic E-state index is 0.541. The molecule has 0 unspecified atom stereocenters. The van der Waals surface area contributed by atoms with Crippen molar-refractivity contribution in [3.63, 3.8) is 0 Å². The van der Waals surface area contributed by atoms with Gasteiger partial charge >= 0.3 is 0 Å². The quantitative estimate of drug-likeness (QED) is 0.362. The minimum absolute atomic E-state index is 0.541. The van der Waals surface area contributed by atoms with Crippen LogP contribution in [0.15, 0.2) is 42.5 Å². The van der Waals surface area contributed by atoms with Crippen molar-refractivity contribution >= 4 is 8.58 Å². The molecule has 4 rings (SSSR count). The molecule has 2 aromatic rings. The van der Waals surface area contributed by atoms with Crippen LogP contribution in [0.2, 0.25) is 0 Å². The second-order valence-corrected chi connectivity index (χ2v) is 13.7. The first-order chi connectivity index (χ1) is 16.4. The Balaban J connectivity index is 0.000000212. The lowest BCUT2D eigenvalue weighted by molar-refractivity contribution is 0.490. The Hall–Kier alpha value is -1.13. The smallest absolute Gasteiger partial charge is 0.0146 e. The van der Waals surface area contributed by atoms with Gasteiger partial charge in [-0.25, -0.2) is 0 Å². The van der Waals surface area contributed by atoms with Crippen molar-refractivity contribution in [1.29, 1.82) is 0 Å². The molecule has 0 radical (unpaired) electrons. The molecular formula is C33H51P. The summed E-state index contributed by atoms with van der Waals surface area (Å²) in [4.78, 5) is 0. The van der Waals surface area contributed by atoms with E-state index < -0.39 is 0 Å². The molecule has 0 N–H and O–H groups in total. The second kappa shape index (κ2) is 13.8. The van der Waals surface area contributed by atoms with E-state index in [1.807, 2.05) is 0 Å². The summed E-state index contributed by atoms with van der Waals surface area (Å²) < 4.78 is 0. The molecule has 0 aliphatic heterocycles. The molecule has 2 aliphatic carbocycles. The van der Waals surface area contributed by atoms with E-state index in [2.05, 4.69) is 84.0 Å². The van der Waals surface area contributed by atoms with Crippen LogP contribution in [0.3, 0.4) is 0 Å². The molecule has 0 atom stereocenters. The van der Waals surface area contributed by atoms with Crippen LogP contribution in [0, 0.1) is 0 Å². The largest absolute Gasteiger partial charge is 0.116 e. The van der Waals surface area contributed by atoms with Gasteiger partial charge in [-0.15, -0.1) is 8.58 Å². The Morgan fingerprint density at radius 2 is 1.06 bits per heavy atom. The average molecular weight is 479 g/mol. The minimum Gasteiger partial charge on any atom is -0.116 e. The van der Waals surface area contributed by atoms with Gasteiger partial charge in [0.25, 0.3) is 0 Å². The molecule has 0 amide bonds. The van der Waals surface area contributed by atoms with Crippen molar-refractivity contribution in [2.75, 3.05) is 0 Å². The maximum Gasteiger partial charge on any atom is -0.0146 e. The number of benzene rings is 2. The predicted molar refractivity (Wildman–Crippen MR) is 156 cm³/mol. The lowest BCUT2D eigenvalue weighted by atomic mass is 9.85. The van der Waals surface area contributed by atoms with Crippen molar-refractivity contribution in [2.24, 2.45) is 0 Å². The predicted octanol–water partition coefficient (Wildman–Crippen LogP) is 11.1. The molecule has 2 aliphatic rings. The van der Waals surface area contributed by atoms with E-state index in [1.165, 1.54) is 74.9 Å². The van der Waals surface area contributed by atoms with Gasteiger partial charge in [-0.3, -0.25) is 0 Å². The summed E-state index contributed by atoms with van der Waals surface area (Å²) in [5.74, 6) is 1.67. The van der Waals surface area contributed by atoms with Crippen LogP contribution < -0.4 is 0 Å². The number of rotatable bonds is 6. The number of hydrogen-bond acceptors (Lipinski definition) is 0. The highest BCUT2D eigenvalue weighted by atomic mass is 31.1. The van der Waals surface area contributed by atoms with Crippen LogP contribution in [-0.4, -0.2) is 11.3 Å². The van der Waals surface area contributed by atoms with Gasteiger partial charge in [0, 0.05) is 0 Å². The number of hydrogen-bond donors (Lipinski definition) is 0. The first-order valence-electron chi connectivity index (χ1n) is 14.4. The Labute approximate surface area is 213 Å². The highest BCUT2D eigenvalue weighted by Crippen LogP contribution is 2.41. The maximum atomic E-state index is 2.40. The van der Waals surface area contributed by atoms with Gasteiger partial charge in [0.15, 0.2) is 0 Å². The van der Waals surface area contributed by atoms with Gasteiger partial charge in [-0.05, 0) is 82.6 Å². The van der Waals surface area contributed by atoms with Gasteiger partial charge in [-0.2, -0.15) is 0 Å². The van der Waals surface area contributed by atoms with Crippen LogP contribution in [0.25, 0.3) is 11.1 Å². The summed E-state index contributed by atoms with van der Waals surface area (Å²) in [7, 11) is 1.33. The lowest BCUT2D eigenvalue weighted by Crippen LogP contribution is -2.14. The fourth-order valence-corrected chi connectivity index (χ4v) is 7.93. The highest BCUT2D eigenvalue weighted by molar-refractivity contribution is 7.39. The van der Waals surface area contributed by atoms with Crippen molar-refractivity contribution in [3.8, 4) is 11.1 Å². The van der Waals surface area contributed by atoms with Crippen molar-refractivity contribution in [1.82, 2.24) is 0 Å². The third-order valence-corrected chi connectivity index (χ3v) is 10.0. The molecule has 0 aromatic heterocycles. The third kappa shape index (κ3) is 7.95. The molecule has 2 saturated carbocycles. The Morgan fingerprint density at radius 1 is 0.559 bits per heavy atom. The Morgan fingerprint density at radius 3 is 1.56 bits per heavy atom. The fraction of sp³-hybridized carbons (Fsp3) is 0.636. The van der Waals surface area contributed by atoms with E-state index in [1.54, 1.807) is 25.7 Å². The van der Waals surface area contributed by atoms with E-state index >= 15 is 0 Å². The zero-order valence-corrected chi connectivity index (χ0v) is 24.0. The van der Waals surface area contributed by atoms with Crippen LogP contribution in [0.5, 0.6) is 0 Å². The Bertz CT molecular complexity index is 835. The van der Waals surface area contributed by atoms with Crippen LogP contribution in [0.4, 0.5) is 0 Å². The van der Waals surface area contributed by atoms with Crippen molar-refractivity contribution < 1.29 is 0 Å². The second-order valence-electron chi connectivity index (χ2n) is 11.7. The molecule has 0 bridgehead atoms. The SMILES string of the molecule is C1CCC(PC2CCCCC2)CC1.CC(C)c1ccc(-c2ccccc2C(C)C)c(C(C)C)c1.